The molecular formula is C22H21BrN2O4S. The van der Waals surface area contributed by atoms with E-state index in [-0.39, 0.29) is 10.6 Å². The van der Waals surface area contributed by atoms with Gasteiger partial charge in [-0.25, -0.2) is 18.2 Å². The fourth-order valence-corrected chi connectivity index (χ4v) is 4.25. The van der Waals surface area contributed by atoms with Gasteiger partial charge in [0.25, 0.3) is 0 Å². The maximum Gasteiger partial charge on any atom is 0.338 e. The number of hydrogen-bond acceptors (Lipinski definition) is 6. The number of sulfone groups is 1. The van der Waals surface area contributed by atoms with Crippen molar-refractivity contribution in [1.29, 1.82) is 0 Å². The lowest BCUT2D eigenvalue weighted by Gasteiger charge is -2.16. The summed E-state index contributed by atoms with van der Waals surface area (Å²) in [6.07, 6.45) is 1.66. The number of benzene rings is 2. The second kappa shape index (κ2) is 8.97. The van der Waals surface area contributed by atoms with Crippen LogP contribution in [0.1, 0.15) is 22.8 Å². The van der Waals surface area contributed by atoms with Crippen molar-refractivity contribution in [1.82, 2.24) is 4.98 Å². The number of nitrogens with zero attached hydrogens (tertiary/aromatic N) is 1. The van der Waals surface area contributed by atoms with Crippen LogP contribution in [0, 0.1) is 6.92 Å². The minimum absolute atomic E-state index is 0.0122. The lowest BCUT2D eigenvalue weighted by atomic mass is 9.98. The number of ether oxygens (including phenoxy) is 1. The predicted octanol–water partition coefficient (Wildman–Crippen LogP) is 5.14. The van der Waals surface area contributed by atoms with Crippen molar-refractivity contribution in [3.8, 4) is 11.1 Å². The van der Waals surface area contributed by atoms with Gasteiger partial charge in [0.1, 0.15) is 5.82 Å². The highest BCUT2D eigenvalue weighted by molar-refractivity contribution is 9.10. The standard InChI is InChI=1S/C22H21BrN2O4S/c1-4-30(27,28)17-8-5-7-15(11-17)16-12-18(22(26)29-3)14(2)20(13-16)25-21-19(23)9-6-10-24-21/h5-13H,4H2,1-3H3,(H,24,25). The Hall–Kier alpha value is -2.71. The molecule has 3 aromatic rings. The zero-order valence-electron chi connectivity index (χ0n) is 16.8. The second-order valence-corrected chi connectivity index (χ2v) is 9.71. The van der Waals surface area contributed by atoms with Crippen molar-refractivity contribution in [2.24, 2.45) is 0 Å². The number of hydrogen-bond donors (Lipinski definition) is 1. The maximum atomic E-state index is 12.4. The van der Waals surface area contributed by atoms with E-state index in [1.54, 1.807) is 49.5 Å². The molecule has 1 heterocycles. The molecule has 3 rings (SSSR count). The monoisotopic (exact) mass is 488 g/mol. The summed E-state index contributed by atoms with van der Waals surface area (Å²) in [4.78, 5) is 16.9. The van der Waals surface area contributed by atoms with Gasteiger partial charge in [0.05, 0.1) is 27.8 Å². The molecule has 0 saturated carbocycles. The van der Waals surface area contributed by atoms with Gasteiger partial charge < -0.3 is 10.1 Å². The summed E-state index contributed by atoms with van der Waals surface area (Å²) in [7, 11) is -2.03. The van der Waals surface area contributed by atoms with E-state index in [9.17, 15) is 13.2 Å². The fourth-order valence-electron chi connectivity index (χ4n) is 2.97. The lowest BCUT2D eigenvalue weighted by molar-refractivity contribution is 0.0600. The Morgan fingerprint density at radius 2 is 1.90 bits per heavy atom. The zero-order valence-corrected chi connectivity index (χ0v) is 19.2. The number of carbonyl (C=O) groups excluding carboxylic acids is 1. The van der Waals surface area contributed by atoms with Crippen LogP contribution in [-0.2, 0) is 14.6 Å². The maximum absolute atomic E-state index is 12.4. The van der Waals surface area contributed by atoms with Gasteiger partial charge in [0.2, 0.25) is 0 Å². The van der Waals surface area contributed by atoms with Crippen LogP contribution >= 0.6 is 15.9 Å². The minimum Gasteiger partial charge on any atom is -0.465 e. The predicted molar refractivity (Wildman–Crippen MR) is 121 cm³/mol. The quantitative estimate of drug-likeness (QED) is 0.483. The van der Waals surface area contributed by atoms with Crippen LogP contribution < -0.4 is 5.32 Å². The number of pyridine rings is 1. The highest BCUT2D eigenvalue weighted by atomic mass is 79.9. The Labute approximate surface area is 184 Å². The van der Waals surface area contributed by atoms with Crippen LogP contribution in [0.3, 0.4) is 0 Å². The van der Waals surface area contributed by atoms with Gasteiger partial charge in [-0.3, -0.25) is 0 Å². The fraction of sp³-hybridized carbons (Fsp3) is 0.182. The number of methoxy groups -OCH3 is 1. The SMILES string of the molecule is CCS(=O)(=O)c1cccc(-c2cc(Nc3ncccc3Br)c(C)c(C(=O)OC)c2)c1. The Morgan fingerprint density at radius 3 is 2.57 bits per heavy atom. The smallest absolute Gasteiger partial charge is 0.338 e. The molecule has 0 amide bonds. The number of anilines is 2. The van der Waals surface area contributed by atoms with Crippen LogP contribution in [0.4, 0.5) is 11.5 Å². The molecule has 156 valence electrons. The summed E-state index contributed by atoms with van der Waals surface area (Å²) in [5.74, 6) is 0.129. The highest BCUT2D eigenvalue weighted by Gasteiger charge is 2.18. The molecule has 0 aliphatic rings. The van der Waals surface area contributed by atoms with E-state index in [1.807, 2.05) is 19.1 Å². The number of esters is 1. The van der Waals surface area contributed by atoms with E-state index in [2.05, 4.69) is 26.2 Å². The van der Waals surface area contributed by atoms with Gasteiger partial charge in [-0.15, -0.1) is 0 Å². The number of nitrogens with one attached hydrogen (secondary N) is 1. The van der Waals surface area contributed by atoms with Gasteiger partial charge in [0.15, 0.2) is 9.84 Å². The van der Waals surface area contributed by atoms with Crippen molar-refractivity contribution in [3.05, 3.63) is 70.3 Å². The molecular weight excluding hydrogens is 468 g/mol. The average molecular weight is 489 g/mol. The van der Waals surface area contributed by atoms with E-state index >= 15 is 0 Å². The first-order chi connectivity index (χ1) is 14.3. The highest BCUT2D eigenvalue weighted by Crippen LogP contribution is 2.33. The van der Waals surface area contributed by atoms with E-state index in [0.29, 0.717) is 33.8 Å². The van der Waals surface area contributed by atoms with Crippen LogP contribution in [0.25, 0.3) is 11.1 Å². The summed E-state index contributed by atoms with van der Waals surface area (Å²) < 4.78 is 30.3. The molecule has 0 radical (unpaired) electrons. The molecule has 2 aromatic carbocycles. The molecule has 6 nitrogen and oxygen atoms in total. The van der Waals surface area contributed by atoms with Gasteiger partial charge in [0, 0.05) is 11.9 Å². The summed E-state index contributed by atoms with van der Waals surface area (Å²) in [5, 5.41) is 3.24. The minimum atomic E-state index is -3.36. The Kier molecular flexibility index (Phi) is 6.58. The Balaban J connectivity index is 2.17. The first kappa shape index (κ1) is 22.0. The summed E-state index contributed by atoms with van der Waals surface area (Å²) in [5.41, 5.74) is 3.10. The van der Waals surface area contributed by atoms with E-state index in [1.165, 1.54) is 7.11 Å². The van der Waals surface area contributed by atoms with Crippen molar-refractivity contribution in [3.63, 3.8) is 0 Å². The second-order valence-electron chi connectivity index (χ2n) is 6.58. The summed E-state index contributed by atoms with van der Waals surface area (Å²) >= 11 is 3.46. The molecule has 1 N–H and O–H groups in total. The molecule has 0 spiro atoms. The summed E-state index contributed by atoms with van der Waals surface area (Å²) in [6.45, 7) is 3.42. The molecule has 8 heteroatoms. The molecule has 0 bridgehead atoms. The zero-order chi connectivity index (χ0) is 21.9. The lowest BCUT2D eigenvalue weighted by Crippen LogP contribution is -2.07. The number of aromatic nitrogens is 1. The van der Waals surface area contributed by atoms with E-state index in [0.717, 1.165) is 4.47 Å². The van der Waals surface area contributed by atoms with Crippen molar-refractivity contribution < 1.29 is 17.9 Å². The topological polar surface area (TPSA) is 85.4 Å². The van der Waals surface area contributed by atoms with Crippen molar-refractivity contribution in [2.75, 3.05) is 18.2 Å². The average Bonchev–Trinajstić information content (AvgIpc) is 2.76. The number of carbonyl (C=O) groups is 1. The van der Waals surface area contributed by atoms with Crippen LogP contribution in [0.15, 0.2) is 64.1 Å². The Morgan fingerprint density at radius 1 is 1.13 bits per heavy atom. The third-order valence-electron chi connectivity index (χ3n) is 4.73. The van der Waals surface area contributed by atoms with E-state index < -0.39 is 15.8 Å². The Bertz CT molecular complexity index is 1210. The first-order valence-corrected chi connectivity index (χ1v) is 11.6. The molecule has 0 aliphatic heterocycles. The third kappa shape index (κ3) is 4.55. The molecule has 1 aromatic heterocycles. The molecule has 0 fully saturated rings. The molecule has 0 unspecified atom stereocenters. The first-order valence-electron chi connectivity index (χ1n) is 9.20. The summed E-state index contributed by atoms with van der Waals surface area (Å²) in [6, 6.07) is 13.9. The third-order valence-corrected chi connectivity index (χ3v) is 7.10. The van der Waals surface area contributed by atoms with Gasteiger partial charge in [-0.1, -0.05) is 19.1 Å². The largest absolute Gasteiger partial charge is 0.465 e. The van der Waals surface area contributed by atoms with Crippen LogP contribution in [-0.4, -0.2) is 32.2 Å². The molecule has 30 heavy (non-hydrogen) atoms. The van der Waals surface area contributed by atoms with Gasteiger partial charge >= 0.3 is 5.97 Å². The van der Waals surface area contributed by atoms with Gasteiger partial charge in [-0.05, 0) is 75.9 Å². The van der Waals surface area contributed by atoms with Crippen LogP contribution in [0.5, 0.6) is 0 Å². The van der Waals surface area contributed by atoms with Crippen LogP contribution in [0.2, 0.25) is 0 Å². The van der Waals surface area contributed by atoms with Gasteiger partial charge in [-0.2, -0.15) is 0 Å². The normalized spacial score (nSPS) is 11.2. The number of halogens is 1. The molecule has 0 atom stereocenters. The molecule has 0 saturated heterocycles. The van der Waals surface area contributed by atoms with E-state index in [4.69, 9.17) is 4.74 Å². The van der Waals surface area contributed by atoms with Crippen molar-refractivity contribution >= 4 is 43.2 Å². The van der Waals surface area contributed by atoms with Crippen molar-refractivity contribution in [2.45, 2.75) is 18.7 Å². The number of rotatable bonds is 6. The molecule has 0 aliphatic carbocycles.